The van der Waals surface area contributed by atoms with Gasteiger partial charge in [-0.1, -0.05) is 29.8 Å². The first-order chi connectivity index (χ1) is 14.1. The Morgan fingerprint density at radius 3 is 2.43 bits per heavy atom. The molecule has 0 spiro atoms. The van der Waals surface area contributed by atoms with Gasteiger partial charge in [-0.25, -0.2) is 18.5 Å². The summed E-state index contributed by atoms with van der Waals surface area (Å²) in [7, 11) is -3.79. The molecule has 1 fully saturated rings. The van der Waals surface area contributed by atoms with Gasteiger partial charge < -0.3 is 4.90 Å². The Hall–Kier alpha value is -2.75. The Balaban J connectivity index is 1.76. The standard InChI is InChI=1S/C20H20ClN3O5S/c1-13(25)23(10-9-14-5-7-17(8-6-14)30(22,28)29)18-12-19(26)24(20(18)27)16-4-2-3-15(21)11-16/h2-8,11,18H,9-10,12H2,1H3,(H2,22,28,29). The Bertz CT molecular complexity index is 1100. The van der Waals surface area contributed by atoms with Crippen molar-refractivity contribution in [1.82, 2.24) is 4.90 Å². The average molecular weight is 450 g/mol. The molecule has 1 saturated heterocycles. The number of nitrogens with zero attached hydrogens (tertiary/aromatic N) is 2. The first kappa shape index (κ1) is 21.9. The third-order valence-corrected chi connectivity index (χ3v) is 6.03. The van der Waals surface area contributed by atoms with Gasteiger partial charge >= 0.3 is 0 Å². The smallest absolute Gasteiger partial charge is 0.257 e. The van der Waals surface area contributed by atoms with Crippen LogP contribution in [0.2, 0.25) is 5.02 Å². The van der Waals surface area contributed by atoms with Crippen molar-refractivity contribution in [2.75, 3.05) is 11.4 Å². The molecule has 0 bridgehead atoms. The zero-order valence-electron chi connectivity index (χ0n) is 16.1. The van der Waals surface area contributed by atoms with Crippen molar-refractivity contribution in [2.24, 2.45) is 5.14 Å². The zero-order valence-corrected chi connectivity index (χ0v) is 17.7. The third kappa shape index (κ3) is 4.69. The number of benzene rings is 2. The van der Waals surface area contributed by atoms with Gasteiger partial charge in [-0.05, 0) is 42.3 Å². The second kappa shape index (κ2) is 8.55. The summed E-state index contributed by atoms with van der Waals surface area (Å²) in [5.74, 6) is -1.23. The number of imide groups is 1. The Morgan fingerprint density at radius 2 is 1.87 bits per heavy atom. The lowest BCUT2D eigenvalue weighted by atomic mass is 10.1. The van der Waals surface area contributed by atoms with E-state index in [1.165, 1.54) is 30.0 Å². The van der Waals surface area contributed by atoms with E-state index in [4.69, 9.17) is 16.7 Å². The SMILES string of the molecule is CC(=O)N(CCc1ccc(S(N)(=O)=O)cc1)C1CC(=O)N(c2cccc(Cl)c2)C1=O. The van der Waals surface area contributed by atoms with E-state index in [9.17, 15) is 22.8 Å². The number of hydrogen-bond donors (Lipinski definition) is 1. The van der Waals surface area contributed by atoms with Crippen LogP contribution in [0, 0.1) is 0 Å². The van der Waals surface area contributed by atoms with Gasteiger partial charge in [0, 0.05) is 18.5 Å². The van der Waals surface area contributed by atoms with Crippen molar-refractivity contribution in [3.05, 3.63) is 59.1 Å². The van der Waals surface area contributed by atoms with Crippen LogP contribution < -0.4 is 10.0 Å². The van der Waals surface area contributed by atoms with Gasteiger partial charge in [-0.15, -0.1) is 0 Å². The number of anilines is 1. The first-order valence-corrected chi connectivity index (χ1v) is 11.0. The molecule has 2 aromatic carbocycles. The molecule has 158 valence electrons. The zero-order chi connectivity index (χ0) is 22.1. The monoisotopic (exact) mass is 449 g/mol. The Kier molecular flexibility index (Phi) is 6.25. The molecule has 1 aliphatic rings. The van der Waals surface area contributed by atoms with Crippen LogP contribution in [0.5, 0.6) is 0 Å². The van der Waals surface area contributed by atoms with E-state index in [2.05, 4.69) is 0 Å². The summed E-state index contributed by atoms with van der Waals surface area (Å²) in [6.45, 7) is 1.53. The predicted octanol–water partition coefficient (Wildman–Crippen LogP) is 1.71. The number of hydrogen-bond acceptors (Lipinski definition) is 5. The Labute approximate surface area is 179 Å². The van der Waals surface area contributed by atoms with Gasteiger partial charge in [-0.2, -0.15) is 0 Å². The number of halogens is 1. The fraction of sp³-hybridized carbons (Fsp3) is 0.250. The second-order valence-electron chi connectivity index (χ2n) is 6.92. The van der Waals surface area contributed by atoms with E-state index in [0.717, 1.165) is 10.5 Å². The van der Waals surface area contributed by atoms with Crippen LogP contribution in [0.25, 0.3) is 0 Å². The lowest BCUT2D eigenvalue weighted by Gasteiger charge is -2.26. The maximum Gasteiger partial charge on any atom is 0.257 e. The lowest BCUT2D eigenvalue weighted by Crippen LogP contribution is -2.45. The normalized spacial score (nSPS) is 16.8. The van der Waals surface area contributed by atoms with Crippen LogP contribution in [-0.2, 0) is 30.8 Å². The fourth-order valence-electron chi connectivity index (χ4n) is 3.37. The molecule has 0 aliphatic carbocycles. The molecule has 0 saturated carbocycles. The van der Waals surface area contributed by atoms with Crippen molar-refractivity contribution in [2.45, 2.75) is 30.7 Å². The summed E-state index contributed by atoms with van der Waals surface area (Å²) in [6.07, 6.45) is 0.259. The molecule has 2 aromatic rings. The van der Waals surface area contributed by atoms with Crippen molar-refractivity contribution >= 4 is 45.0 Å². The van der Waals surface area contributed by atoms with Crippen molar-refractivity contribution < 1.29 is 22.8 Å². The number of amides is 3. The molecular formula is C20H20ClN3O5S. The van der Waals surface area contributed by atoms with E-state index in [0.29, 0.717) is 17.1 Å². The van der Waals surface area contributed by atoms with Crippen LogP contribution in [0.4, 0.5) is 5.69 Å². The molecule has 1 aliphatic heterocycles. The maximum absolute atomic E-state index is 12.9. The highest BCUT2D eigenvalue weighted by atomic mass is 35.5. The number of sulfonamides is 1. The molecule has 1 unspecified atom stereocenters. The van der Waals surface area contributed by atoms with Gasteiger partial charge in [0.05, 0.1) is 17.0 Å². The van der Waals surface area contributed by atoms with E-state index < -0.39 is 27.9 Å². The number of rotatable bonds is 6. The van der Waals surface area contributed by atoms with Gasteiger partial charge in [0.15, 0.2) is 0 Å². The number of nitrogens with two attached hydrogens (primary N) is 1. The van der Waals surface area contributed by atoms with Gasteiger partial charge in [-0.3, -0.25) is 14.4 Å². The molecule has 3 rings (SSSR count). The number of primary sulfonamides is 1. The second-order valence-corrected chi connectivity index (χ2v) is 8.92. The highest BCUT2D eigenvalue weighted by molar-refractivity contribution is 7.89. The minimum Gasteiger partial charge on any atom is -0.330 e. The summed E-state index contributed by atoms with van der Waals surface area (Å²) >= 11 is 5.97. The molecule has 30 heavy (non-hydrogen) atoms. The van der Waals surface area contributed by atoms with E-state index >= 15 is 0 Å². The summed E-state index contributed by atoms with van der Waals surface area (Å²) in [6, 6.07) is 11.5. The molecular weight excluding hydrogens is 430 g/mol. The summed E-state index contributed by atoms with van der Waals surface area (Å²) < 4.78 is 22.7. The van der Waals surface area contributed by atoms with E-state index in [-0.39, 0.29) is 23.8 Å². The summed E-state index contributed by atoms with van der Waals surface area (Å²) in [5, 5.41) is 5.48. The minimum absolute atomic E-state index is 0.0107. The Morgan fingerprint density at radius 1 is 1.20 bits per heavy atom. The van der Waals surface area contributed by atoms with Crippen LogP contribution in [-0.4, -0.2) is 43.6 Å². The molecule has 3 amide bonds. The largest absolute Gasteiger partial charge is 0.330 e. The van der Waals surface area contributed by atoms with E-state index in [1.54, 1.807) is 30.3 Å². The topological polar surface area (TPSA) is 118 Å². The third-order valence-electron chi connectivity index (χ3n) is 4.86. The maximum atomic E-state index is 12.9. The van der Waals surface area contributed by atoms with Crippen molar-refractivity contribution in [3.63, 3.8) is 0 Å². The van der Waals surface area contributed by atoms with Gasteiger partial charge in [0.2, 0.25) is 21.8 Å². The highest BCUT2D eigenvalue weighted by Gasteiger charge is 2.43. The molecule has 2 N–H and O–H groups in total. The van der Waals surface area contributed by atoms with Gasteiger partial charge in [0.25, 0.3) is 5.91 Å². The molecule has 10 heteroatoms. The fourth-order valence-corrected chi connectivity index (χ4v) is 4.07. The lowest BCUT2D eigenvalue weighted by molar-refractivity contribution is -0.136. The number of carbonyl (C=O) groups excluding carboxylic acids is 3. The minimum atomic E-state index is -3.79. The molecule has 8 nitrogen and oxygen atoms in total. The van der Waals surface area contributed by atoms with Gasteiger partial charge in [0.1, 0.15) is 6.04 Å². The molecule has 0 radical (unpaired) electrons. The van der Waals surface area contributed by atoms with Crippen LogP contribution in [0.15, 0.2) is 53.4 Å². The molecule has 1 heterocycles. The molecule has 1 atom stereocenters. The average Bonchev–Trinajstić information content (AvgIpc) is 2.95. The predicted molar refractivity (Wildman–Crippen MR) is 111 cm³/mol. The quantitative estimate of drug-likeness (QED) is 0.673. The van der Waals surface area contributed by atoms with Crippen molar-refractivity contribution in [1.29, 1.82) is 0 Å². The van der Waals surface area contributed by atoms with E-state index in [1.807, 2.05) is 0 Å². The van der Waals surface area contributed by atoms with Crippen molar-refractivity contribution in [3.8, 4) is 0 Å². The number of carbonyl (C=O) groups is 3. The summed E-state index contributed by atoms with van der Waals surface area (Å²) in [5.41, 5.74) is 1.12. The van der Waals surface area contributed by atoms with Crippen LogP contribution >= 0.6 is 11.6 Å². The van der Waals surface area contributed by atoms with Crippen LogP contribution in [0.3, 0.4) is 0 Å². The van der Waals surface area contributed by atoms with Crippen LogP contribution in [0.1, 0.15) is 18.9 Å². The first-order valence-electron chi connectivity index (χ1n) is 9.09. The molecule has 0 aromatic heterocycles. The highest BCUT2D eigenvalue weighted by Crippen LogP contribution is 2.28. The summed E-state index contributed by atoms with van der Waals surface area (Å²) in [4.78, 5) is 40.0.